The van der Waals surface area contributed by atoms with Gasteiger partial charge in [-0.05, 0) is 45.8 Å². The van der Waals surface area contributed by atoms with E-state index in [0.29, 0.717) is 5.02 Å². The molecule has 2 heterocycles. The van der Waals surface area contributed by atoms with Crippen molar-refractivity contribution in [1.29, 1.82) is 0 Å². The maximum Gasteiger partial charge on any atom is 0.169 e. The molecule has 1 aromatic heterocycles. The van der Waals surface area contributed by atoms with Gasteiger partial charge in [0.2, 0.25) is 0 Å². The summed E-state index contributed by atoms with van der Waals surface area (Å²) in [4.78, 5) is 4.51. The first-order valence-electron chi connectivity index (χ1n) is 4.84. The predicted octanol–water partition coefficient (Wildman–Crippen LogP) is 4.37. The summed E-state index contributed by atoms with van der Waals surface area (Å²) >= 11 is 9.20. The zero-order valence-corrected chi connectivity index (χ0v) is 10.5. The van der Waals surface area contributed by atoms with Crippen molar-refractivity contribution in [2.24, 2.45) is 4.99 Å². The lowest BCUT2D eigenvalue weighted by Crippen LogP contribution is -1.97. The highest BCUT2D eigenvalue weighted by molar-refractivity contribution is 9.10. The van der Waals surface area contributed by atoms with Crippen molar-refractivity contribution in [1.82, 2.24) is 0 Å². The summed E-state index contributed by atoms with van der Waals surface area (Å²) in [5.41, 5.74) is 3.07. The van der Waals surface area contributed by atoms with Gasteiger partial charge in [-0.15, -0.1) is 0 Å². The molecule has 4 heteroatoms. The Morgan fingerprint density at radius 3 is 2.88 bits per heavy atom. The maximum atomic E-state index is 5.92. The lowest BCUT2D eigenvalue weighted by Gasteiger charge is -1.95. The SMILES string of the molecule is Clc1ccc2c(c1)N=C(c1ccc(Br)o1)C2. The standard InChI is InChI=1S/C12H7BrClNO/c13-12-4-3-11(16-12)10-5-7-1-2-8(14)6-9(7)15-10/h1-4,6H,5H2. The van der Waals surface area contributed by atoms with Crippen LogP contribution >= 0.6 is 27.5 Å². The van der Waals surface area contributed by atoms with Crippen LogP contribution in [0.3, 0.4) is 0 Å². The van der Waals surface area contributed by atoms with Gasteiger partial charge >= 0.3 is 0 Å². The van der Waals surface area contributed by atoms with Crippen LogP contribution in [0, 0.1) is 0 Å². The number of aliphatic imine (C=N–C) groups is 1. The summed E-state index contributed by atoms with van der Waals surface area (Å²) in [6.45, 7) is 0. The lowest BCUT2D eigenvalue weighted by atomic mass is 10.1. The predicted molar refractivity (Wildman–Crippen MR) is 67.8 cm³/mol. The van der Waals surface area contributed by atoms with Gasteiger partial charge in [-0.1, -0.05) is 17.7 Å². The Labute approximate surface area is 106 Å². The third kappa shape index (κ3) is 1.70. The third-order valence-electron chi connectivity index (χ3n) is 2.52. The van der Waals surface area contributed by atoms with E-state index in [4.69, 9.17) is 16.0 Å². The first kappa shape index (κ1) is 10.1. The number of hydrogen-bond acceptors (Lipinski definition) is 2. The van der Waals surface area contributed by atoms with Gasteiger partial charge < -0.3 is 4.42 Å². The molecule has 1 aliphatic heterocycles. The maximum absolute atomic E-state index is 5.92. The van der Waals surface area contributed by atoms with Crippen LogP contribution in [0.5, 0.6) is 0 Å². The molecule has 2 nitrogen and oxygen atoms in total. The molecular formula is C12H7BrClNO. The summed E-state index contributed by atoms with van der Waals surface area (Å²) in [6.07, 6.45) is 0.798. The van der Waals surface area contributed by atoms with Gasteiger partial charge in [-0.25, -0.2) is 4.99 Å². The molecule has 3 rings (SSSR count). The zero-order valence-electron chi connectivity index (χ0n) is 8.21. The van der Waals surface area contributed by atoms with Gasteiger partial charge in [0.25, 0.3) is 0 Å². The molecule has 0 saturated heterocycles. The van der Waals surface area contributed by atoms with Crippen LogP contribution in [0.25, 0.3) is 0 Å². The molecule has 0 radical (unpaired) electrons. The van der Waals surface area contributed by atoms with E-state index in [2.05, 4.69) is 20.9 Å². The van der Waals surface area contributed by atoms with Crippen molar-refractivity contribution in [2.75, 3.05) is 0 Å². The largest absolute Gasteiger partial charge is 0.448 e. The van der Waals surface area contributed by atoms with Crippen molar-refractivity contribution < 1.29 is 4.42 Å². The molecule has 0 saturated carbocycles. The van der Waals surface area contributed by atoms with Crippen molar-refractivity contribution in [2.45, 2.75) is 6.42 Å². The van der Waals surface area contributed by atoms with E-state index >= 15 is 0 Å². The van der Waals surface area contributed by atoms with Gasteiger partial charge in [0, 0.05) is 11.4 Å². The minimum atomic E-state index is 0.712. The molecule has 16 heavy (non-hydrogen) atoms. The number of rotatable bonds is 1. The molecule has 0 atom stereocenters. The molecule has 0 aliphatic carbocycles. The van der Waals surface area contributed by atoms with E-state index in [9.17, 15) is 0 Å². The van der Waals surface area contributed by atoms with Crippen molar-refractivity contribution in [3.05, 3.63) is 51.3 Å². The molecular weight excluding hydrogens is 289 g/mol. The van der Waals surface area contributed by atoms with Crippen LogP contribution in [0.4, 0.5) is 5.69 Å². The van der Waals surface area contributed by atoms with Gasteiger partial charge in [0.15, 0.2) is 4.67 Å². The third-order valence-corrected chi connectivity index (χ3v) is 3.18. The molecule has 0 amide bonds. The normalized spacial score (nSPS) is 13.8. The summed E-state index contributed by atoms with van der Waals surface area (Å²) in [7, 11) is 0. The Kier molecular flexibility index (Phi) is 2.37. The van der Waals surface area contributed by atoms with E-state index in [-0.39, 0.29) is 0 Å². The van der Waals surface area contributed by atoms with Gasteiger partial charge in [-0.3, -0.25) is 0 Å². The van der Waals surface area contributed by atoms with Crippen LogP contribution in [-0.2, 0) is 6.42 Å². The summed E-state index contributed by atoms with van der Waals surface area (Å²) in [5, 5.41) is 0.712. The van der Waals surface area contributed by atoms with Gasteiger partial charge in [0.1, 0.15) is 5.76 Å². The van der Waals surface area contributed by atoms with E-state index < -0.39 is 0 Å². The molecule has 0 fully saturated rings. The molecule has 80 valence electrons. The fraction of sp³-hybridized carbons (Fsp3) is 0.0833. The average molecular weight is 297 g/mol. The molecule has 0 N–H and O–H groups in total. The van der Waals surface area contributed by atoms with E-state index in [1.54, 1.807) is 0 Å². The fourth-order valence-electron chi connectivity index (χ4n) is 1.77. The Morgan fingerprint density at radius 1 is 1.25 bits per heavy atom. The van der Waals surface area contributed by atoms with Crippen LogP contribution in [0.2, 0.25) is 5.02 Å². The number of benzene rings is 1. The van der Waals surface area contributed by atoms with Crippen molar-refractivity contribution >= 4 is 38.9 Å². The molecule has 2 aromatic rings. The van der Waals surface area contributed by atoms with E-state index in [1.165, 1.54) is 5.56 Å². The topological polar surface area (TPSA) is 25.5 Å². The number of furan rings is 1. The number of fused-ring (bicyclic) bond motifs is 1. The Hall–Kier alpha value is -1.06. The second-order valence-corrected chi connectivity index (χ2v) is 4.83. The Balaban J connectivity index is 2.01. The molecule has 0 spiro atoms. The van der Waals surface area contributed by atoms with Crippen LogP contribution in [-0.4, -0.2) is 5.71 Å². The second kappa shape index (κ2) is 3.75. The summed E-state index contributed by atoms with van der Waals surface area (Å²) in [5.74, 6) is 0.805. The van der Waals surface area contributed by atoms with Crippen LogP contribution in [0.1, 0.15) is 11.3 Å². The lowest BCUT2D eigenvalue weighted by molar-refractivity contribution is 0.531. The Bertz CT molecular complexity index is 588. The first-order valence-corrected chi connectivity index (χ1v) is 6.01. The number of nitrogens with zero attached hydrogens (tertiary/aromatic N) is 1. The van der Waals surface area contributed by atoms with Crippen LogP contribution < -0.4 is 0 Å². The summed E-state index contributed by atoms with van der Waals surface area (Å²) < 4.78 is 6.20. The first-order chi connectivity index (χ1) is 7.72. The average Bonchev–Trinajstić information content (AvgIpc) is 2.83. The number of hydrogen-bond donors (Lipinski definition) is 0. The van der Waals surface area contributed by atoms with Crippen molar-refractivity contribution in [3.63, 3.8) is 0 Å². The van der Waals surface area contributed by atoms with E-state index in [1.807, 2.05) is 30.3 Å². The molecule has 1 aromatic carbocycles. The molecule has 1 aliphatic rings. The number of halogens is 2. The van der Waals surface area contributed by atoms with Gasteiger partial charge in [-0.2, -0.15) is 0 Å². The molecule has 0 unspecified atom stereocenters. The summed E-state index contributed by atoms with van der Waals surface area (Å²) in [6, 6.07) is 9.55. The monoisotopic (exact) mass is 295 g/mol. The van der Waals surface area contributed by atoms with Gasteiger partial charge in [0.05, 0.1) is 11.4 Å². The fourth-order valence-corrected chi connectivity index (χ4v) is 2.24. The minimum absolute atomic E-state index is 0.712. The highest BCUT2D eigenvalue weighted by Crippen LogP contribution is 2.32. The van der Waals surface area contributed by atoms with Crippen molar-refractivity contribution in [3.8, 4) is 0 Å². The quantitative estimate of drug-likeness (QED) is 0.767. The Morgan fingerprint density at radius 2 is 2.12 bits per heavy atom. The van der Waals surface area contributed by atoms with Crippen LogP contribution in [0.15, 0.2) is 44.4 Å². The molecule has 0 bridgehead atoms. The minimum Gasteiger partial charge on any atom is -0.448 e. The zero-order chi connectivity index (χ0) is 11.1. The second-order valence-electron chi connectivity index (χ2n) is 3.61. The van der Waals surface area contributed by atoms with E-state index in [0.717, 1.165) is 28.2 Å². The smallest absolute Gasteiger partial charge is 0.169 e. The highest BCUT2D eigenvalue weighted by atomic mass is 79.9. The highest BCUT2D eigenvalue weighted by Gasteiger charge is 2.18.